The quantitative estimate of drug-likeness (QED) is 0.587. The fourth-order valence-electron chi connectivity index (χ4n) is 3.51. The Hall–Kier alpha value is -2.62. The van der Waals surface area contributed by atoms with E-state index in [0.717, 1.165) is 13.1 Å². The zero-order chi connectivity index (χ0) is 21.5. The van der Waals surface area contributed by atoms with Crippen LogP contribution in [0.3, 0.4) is 0 Å². The van der Waals surface area contributed by atoms with Gasteiger partial charge in [0.25, 0.3) is 0 Å². The van der Waals surface area contributed by atoms with Crippen molar-refractivity contribution in [3.05, 3.63) is 36.4 Å². The first-order valence-electron chi connectivity index (χ1n) is 10.1. The molecule has 30 heavy (non-hydrogen) atoms. The highest BCUT2D eigenvalue weighted by Crippen LogP contribution is 2.19. The summed E-state index contributed by atoms with van der Waals surface area (Å²) in [6.45, 7) is 2.88. The minimum Gasteiger partial charge on any atom is -0.497 e. The number of nitrogens with one attached hydrogen (secondary N) is 2. The molecule has 0 saturated carbocycles. The average Bonchev–Trinajstić information content (AvgIpc) is 2.75. The zero-order valence-electron chi connectivity index (χ0n) is 17.4. The van der Waals surface area contributed by atoms with Crippen molar-refractivity contribution in [2.24, 2.45) is 0 Å². The van der Waals surface area contributed by atoms with Gasteiger partial charge in [0.05, 0.1) is 32.3 Å². The van der Waals surface area contributed by atoms with Crippen LogP contribution in [-0.4, -0.2) is 92.0 Å². The maximum absolute atomic E-state index is 12.5. The van der Waals surface area contributed by atoms with Crippen LogP contribution in [0.2, 0.25) is 0 Å². The Morgan fingerprint density at radius 1 is 1.23 bits per heavy atom. The summed E-state index contributed by atoms with van der Waals surface area (Å²) in [6, 6.07) is 6.08. The summed E-state index contributed by atoms with van der Waals surface area (Å²) in [5.41, 5.74) is 0.587. The van der Waals surface area contributed by atoms with Crippen LogP contribution in [0.4, 0.5) is 10.5 Å². The third-order valence-corrected chi connectivity index (χ3v) is 5.32. The molecule has 1 saturated heterocycles. The molecule has 0 radical (unpaired) electrons. The van der Waals surface area contributed by atoms with Crippen LogP contribution in [-0.2, 0) is 9.53 Å². The number of nitrogens with zero attached hydrogens (tertiary/aromatic N) is 2. The topological polar surface area (TPSA) is 103 Å². The Labute approximate surface area is 176 Å². The molecule has 3 rings (SSSR count). The molecule has 0 unspecified atom stereocenters. The van der Waals surface area contributed by atoms with Crippen LogP contribution in [0.25, 0.3) is 0 Å². The summed E-state index contributed by atoms with van der Waals surface area (Å²) in [7, 11) is 3.60. The summed E-state index contributed by atoms with van der Waals surface area (Å²) in [5, 5.41) is 15.2. The predicted octanol–water partition coefficient (Wildman–Crippen LogP) is 0.665. The molecule has 0 spiro atoms. The van der Waals surface area contributed by atoms with Gasteiger partial charge in [0.2, 0.25) is 5.91 Å². The first-order valence-corrected chi connectivity index (χ1v) is 10.1. The minimum absolute atomic E-state index is 0.0385. The number of hydrogen-bond acceptors (Lipinski definition) is 6. The number of methoxy groups -OCH3 is 1. The molecular formula is C21H30N4O5. The summed E-state index contributed by atoms with van der Waals surface area (Å²) < 4.78 is 11.0. The van der Waals surface area contributed by atoms with Gasteiger partial charge >= 0.3 is 6.03 Å². The smallest absolute Gasteiger partial charge is 0.319 e. The lowest BCUT2D eigenvalue weighted by atomic mass is 10.0. The number of amides is 3. The maximum atomic E-state index is 12.5. The number of benzene rings is 1. The highest BCUT2D eigenvalue weighted by Gasteiger charge is 2.30. The summed E-state index contributed by atoms with van der Waals surface area (Å²) in [5.74, 6) is 0.673. The van der Waals surface area contributed by atoms with Gasteiger partial charge in [-0.05, 0) is 19.2 Å². The van der Waals surface area contributed by atoms with Crippen LogP contribution in [0, 0.1) is 0 Å². The van der Waals surface area contributed by atoms with Crippen molar-refractivity contribution < 1.29 is 24.2 Å². The number of aliphatic hydroxyl groups excluding tert-OH is 1. The first-order chi connectivity index (χ1) is 14.5. The van der Waals surface area contributed by atoms with Crippen molar-refractivity contribution in [3.63, 3.8) is 0 Å². The van der Waals surface area contributed by atoms with Crippen LogP contribution in [0.1, 0.15) is 6.42 Å². The molecule has 0 aliphatic carbocycles. The normalized spacial score (nSPS) is 24.4. The van der Waals surface area contributed by atoms with Crippen molar-refractivity contribution in [1.82, 2.24) is 15.1 Å². The monoisotopic (exact) mass is 418 g/mol. The second-order valence-electron chi connectivity index (χ2n) is 7.52. The van der Waals surface area contributed by atoms with E-state index in [1.54, 1.807) is 43.5 Å². The van der Waals surface area contributed by atoms with Crippen molar-refractivity contribution >= 4 is 17.6 Å². The van der Waals surface area contributed by atoms with E-state index < -0.39 is 24.3 Å². The van der Waals surface area contributed by atoms with Crippen molar-refractivity contribution in [3.8, 4) is 5.75 Å². The highest BCUT2D eigenvalue weighted by molar-refractivity contribution is 5.89. The van der Waals surface area contributed by atoms with Gasteiger partial charge in [-0.15, -0.1) is 0 Å². The molecule has 164 valence electrons. The average molecular weight is 418 g/mol. The van der Waals surface area contributed by atoms with Gasteiger partial charge in [0.15, 0.2) is 0 Å². The summed E-state index contributed by atoms with van der Waals surface area (Å²) >= 11 is 0. The number of likely N-dealkylation sites (N-methyl/N-ethyl adjacent to an activating group) is 1. The molecule has 2 aliphatic heterocycles. The lowest BCUT2D eigenvalue weighted by molar-refractivity contribution is -0.137. The van der Waals surface area contributed by atoms with Gasteiger partial charge in [-0.3, -0.25) is 4.79 Å². The standard InChI is InChI=1S/C21H30N4O5/c1-24-8-10-25(11-9-24)20(27)13-17-6-7-18(19(14-26)30-17)23-21(28)22-15-4-3-5-16(12-15)29-2/h3-7,12,17-19,26H,8-11,13-14H2,1-2H3,(H2,22,23,28)/t17-,18-,19+/m0/s1. The first kappa shape index (κ1) is 22.1. The molecule has 3 atom stereocenters. The number of carbonyl (C=O) groups excluding carboxylic acids is 2. The number of rotatable bonds is 6. The molecule has 2 heterocycles. The molecule has 0 bridgehead atoms. The van der Waals surface area contributed by atoms with Crippen LogP contribution in [0.5, 0.6) is 5.75 Å². The summed E-state index contributed by atoms with van der Waals surface area (Å²) in [6.07, 6.45) is 2.72. The van der Waals surface area contributed by atoms with E-state index in [1.165, 1.54) is 0 Å². The Balaban J connectivity index is 1.52. The Morgan fingerprint density at radius 2 is 2.00 bits per heavy atom. The molecule has 9 nitrogen and oxygen atoms in total. The molecule has 1 fully saturated rings. The van der Waals surface area contributed by atoms with Crippen LogP contribution in [0.15, 0.2) is 36.4 Å². The molecule has 3 amide bonds. The summed E-state index contributed by atoms with van der Waals surface area (Å²) in [4.78, 5) is 28.9. The Morgan fingerprint density at radius 3 is 2.70 bits per heavy atom. The van der Waals surface area contributed by atoms with Crippen LogP contribution >= 0.6 is 0 Å². The Bertz CT molecular complexity index is 764. The molecule has 9 heteroatoms. The lowest BCUT2D eigenvalue weighted by Gasteiger charge is -2.35. The number of piperazine rings is 1. The predicted molar refractivity (Wildman–Crippen MR) is 113 cm³/mol. The second kappa shape index (κ2) is 10.4. The van der Waals surface area contributed by atoms with Crippen LogP contribution < -0.4 is 15.4 Å². The van der Waals surface area contributed by atoms with E-state index in [4.69, 9.17) is 9.47 Å². The van der Waals surface area contributed by atoms with Crippen molar-refractivity contribution in [2.75, 3.05) is 52.3 Å². The molecule has 0 aromatic heterocycles. The molecule has 2 aliphatic rings. The van der Waals surface area contributed by atoms with Gasteiger partial charge in [-0.2, -0.15) is 0 Å². The molecular weight excluding hydrogens is 388 g/mol. The van der Waals surface area contributed by atoms with Crippen molar-refractivity contribution in [2.45, 2.75) is 24.7 Å². The number of urea groups is 1. The number of aliphatic hydroxyl groups is 1. The SMILES string of the molecule is COc1cccc(NC(=O)N[C@H]2C=C[C@@H](CC(=O)N3CCN(C)CC3)O[C@@H]2CO)c1. The van der Waals surface area contributed by atoms with E-state index in [1.807, 2.05) is 11.9 Å². The second-order valence-corrected chi connectivity index (χ2v) is 7.52. The number of ether oxygens (including phenoxy) is 2. The Kier molecular flexibility index (Phi) is 7.67. The third kappa shape index (κ3) is 5.94. The number of anilines is 1. The largest absolute Gasteiger partial charge is 0.497 e. The zero-order valence-corrected chi connectivity index (χ0v) is 17.4. The highest BCUT2D eigenvalue weighted by atomic mass is 16.5. The molecule has 3 N–H and O–H groups in total. The van der Waals surface area contributed by atoms with Gasteiger partial charge in [0.1, 0.15) is 11.9 Å². The van der Waals surface area contributed by atoms with E-state index in [-0.39, 0.29) is 18.9 Å². The lowest BCUT2D eigenvalue weighted by Crippen LogP contribution is -2.51. The fourth-order valence-corrected chi connectivity index (χ4v) is 3.51. The van der Waals surface area contributed by atoms with Gasteiger partial charge in [0, 0.05) is 37.9 Å². The van der Waals surface area contributed by atoms with E-state index in [2.05, 4.69) is 15.5 Å². The van der Waals surface area contributed by atoms with Gasteiger partial charge in [-0.1, -0.05) is 18.2 Å². The minimum atomic E-state index is -0.628. The maximum Gasteiger partial charge on any atom is 0.319 e. The molecule has 1 aromatic rings. The van der Waals surface area contributed by atoms with E-state index >= 15 is 0 Å². The molecule has 1 aromatic carbocycles. The number of hydrogen-bond donors (Lipinski definition) is 3. The van der Waals surface area contributed by atoms with E-state index in [0.29, 0.717) is 24.5 Å². The van der Waals surface area contributed by atoms with Gasteiger partial charge < -0.3 is 35.0 Å². The fraction of sp³-hybridized carbons (Fsp3) is 0.524. The van der Waals surface area contributed by atoms with Gasteiger partial charge in [-0.25, -0.2) is 4.79 Å². The van der Waals surface area contributed by atoms with Crippen molar-refractivity contribution in [1.29, 1.82) is 0 Å². The van der Waals surface area contributed by atoms with E-state index in [9.17, 15) is 14.7 Å². The third-order valence-electron chi connectivity index (χ3n) is 5.32. The number of carbonyl (C=O) groups is 2.